The van der Waals surface area contributed by atoms with E-state index in [4.69, 9.17) is 26.4 Å². The minimum Gasteiger partial charge on any atom is -0.491 e. The van der Waals surface area contributed by atoms with Gasteiger partial charge in [-0.05, 0) is 68.7 Å². The molecule has 0 aliphatic carbocycles. The minimum atomic E-state index is -0.511. The Kier molecular flexibility index (Phi) is 7.95. The number of amides is 1. The smallest absolute Gasteiger partial charge is 0.255 e. The van der Waals surface area contributed by atoms with Crippen LogP contribution in [0.2, 0.25) is 5.02 Å². The van der Waals surface area contributed by atoms with E-state index in [2.05, 4.69) is 10.6 Å². The van der Waals surface area contributed by atoms with Crippen LogP contribution in [0.5, 0.6) is 5.75 Å². The Hall–Kier alpha value is -3.75. The lowest BCUT2D eigenvalue weighted by Crippen LogP contribution is -2.31. The topological polar surface area (TPSA) is 81.1 Å². The van der Waals surface area contributed by atoms with Crippen molar-refractivity contribution >= 4 is 40.9 Å². The number of aromatic nitrogens is 3. The van der Waals surface area contributed by atoms with Crippen molar-refractivity contribution in [1.82, 2.24) is 14.8 Å². The standard InChI is InChI=1S/C30H30ClN5O2S/c1-18(2)38-23-13-9-12-21(16-23)27-26(28(37)33-25-15-8-5-10-19(25)3)20(4)32-29-34-30(35-36(27)29)39-17-22-11-6-7-14-24(22)31/h5-16,18,27H,17H2,1-4H3,(H,33,37)(H,32,34,35). The summed E-state index contributed by atoms with van der Waals surface area (Å²) in [5.74, 6) is 1.72. The molecule has 0 spiro atoms. The maximum Gasteiger partial charge on any atom is 0.255 e. The monoisotopic (exact) mass is 559 g/mol. The van der Waals surface area contributed by atoms with E-state index >= 15 is 0 Å². The molecular weight excluding hydrogens is 530 g/mol. The number of benzene rings is 3. The first kappa shape index (κ1) is 26.8. The van der Waals surface area contributed by atoms with Crippen LogP contribution in [0.15, 0.2) is 89.2 Å². The highest BCUT2D eigenvalue weighted by Crippen LogP contribution is 2.38. The number of carbonyl (C=O) groups is 1. The highest BCUT2D eigenvalue weighted by atomic mass is 35.5. The molecule has 200 valence electrons. The van der Waals surface area contributed by atoms with Gasteiger partial charge in [0.15, 0.2) is 0 Å². The fourth-order valence-corrected chi connectivity index (χ4v) is 5.60. The van der Waals surface area contributed by atoms with E-state index in [1.54, 1.807) is 4.68 Å². The molecule has 7 nitrogen and oxygen atoms in total. The molecule has 2 N–H and O–H groups in total. The third-order valence-electron chi connectivity index (χ3n) is 6.33. The number of allylic oxidation sites excluding steroid dienone is 1. The van der Waals surface area contributed by atoms with E-state index in [9.17, 15) is 4.79 Å². The Bertz CT molecular complexity index is 1550. The Morgan fingerprint density at radius 1 is 1.10 bits per heavy atom. The fourth-order valence-electron chi connectivity index (χ4n) is 4.49. The molecule has 0 saturated carbocycles. The third-order valence-corrected chi connectivity index (χ3v) is 7.59. The lowest BCUT2D eigenvalue weighted by molar-refractivity contribution is -0.113. The summed E-state index contributed by atoms with van der Waals surface area (Å²) in [5.41, 5.74) is 4.89. The van der Waals surface area contributed by atoms with Gasteiger partial charge in [0.2, 0.25) is 11.1 Å². The summed E-state index contributed by atoms with van der Waals surface area (Å²) >= 11 is 7.86. The van der Waals surface area contributed by atoms with Crippen LogP contribution in [0.4, 0.5) is 11.6 Å². The maximum atomic E-state index is 13.8. The van der Waals surface area contributed by atoms with Crippen molar-refractivity contribution in [3.63, 3.8) is 0 Å². The first-order valence-corrected chi connectivity index (χ1v) is 14.1. The van der Waals surface area contributed by atoms with Crippen molar-refractivity contribution in [2.75, 3.05) is 10.6 Å². The lowest BCUT2D eigenvalue weighted by atomic mass is 9.94. The molecule has 4 aromatic rings. The molecule has 1 aliphatic rings. The second kappa shape index (κ2) is 11.6. The molecule has 1 aromatic heterocycles. The number of hydrogen-bond donors (Lipinski definition) is 2. The molecule has 0 fully saturated rings. The molecule has 1 unspecified atom stereocenters. The van der Waals surface area contributed by atoms with Gasteiger partial charge in [-0.1, -0.05) is 71.9 Å². The van der Waals surface area contributed by atoms with E-state index in [-0.39, 0.29) is 12.0 Å². The number of aryl methyl sites for hydroxylation is 1. The molecule has 5 rings (SSSR count). The van der Waals surface area contributed by atoms with Gasteiger partial charge in [-0.15, -0.1) is 5.10 Å². The van der Waals surface area contributed by atoms with Crippen molar-refractivity contribution in [3.05, 3.63) is 106 Å². The van der Waals surface area contributed by atoms with Crippen LogP contribution < -0.4 is 15.4 Å². The summed E-state index contributed by atoms with van der Waals surface area (Å²) in [5, 5.41) is 12.5. The van der Waals surface area contributed by atoms with Crippen molar-refractivity contribution in [2.24, 2.45) is 0 Å². The number of hydrogen-bond acceptors (Lipinski definition) is 6. The van der Waals surface area contributed by atoms with Crippen molar-refractivity contribution in [2.45, 2.75) is 50.8 Å². The molecule has 0 saturated heterocycles. The minimum absolute atomic E-state index is 0.0177. The van der Waals surface area contributed by atoms with Gasteiger partial charge in [0, 0.05) is 22.2 Å². The first-order valence-electron chi connectivity index (χ1n) is 12.7. The van der Waals surface area contributed by atoms with Gasteiger partial charge in [0.05, 0.1) is 11.7 Å². The van der Waals surface area contributed by atoms with Gasteiger partial charge in [0.25, 0.3) is 5.91 Å². The number of nitrogens with zero attached hydrogens (tertiary/aromatic N) is 3. The normalized spacial score (nSPS) is 14.7. The maximum absolute atomic E-state index is 13.8. The van der Waals surface area contributed by atoms with Gasteiger partial charge in [-0.3, -0.25) is 4.79 Å². The van der Waals surface area contributed by atoms with Crippen molar-refractivity contribution in [3.8, 4) is 5.75 Å². The summed E-state index contributed by atoms with van der Waals surface area (Å²) in [7, 11) is 0. The molecule has 1 atom stereocenters. The van der Waals surface area contributed by atoms with Gasteiger partial charge in [-0.2, -0.15) is 4.98 Å². The Balaban J connectivity index is 1.52. The zero-order valence-electron chi connectivity index (χ0n) is 22.2. The molecule has 2 heterocycles. The van der Waals surface area contributed by atoms with Crippen LogP contribution in [0, 0.1) is 6.92 Å². The second-order valence-electron chi connectivity index (χ2n) is 9.62. The number of nitrogens with one attached hydrogen (secondary N) is 2. The predicted molar refractivity (Wildman–Crippen MR) is 158 cm³/mol. The molecule has 39 heavy (non-hydrogen) atoms. The summed E-state index contributed by atoms with van der Waals surface area (Å²) < 4.78 is 7.76. The number of para-hydroxylation sites is 1. The SMILES string of the molecule is CC1=C(C(=O)Nc2ccccc2C)C(c2cccc(OC(C)C)c2)n2nc(SCc3ccccc3Cl)nc2N1. The number of ether oxygens (including phenoxy) is 1. The largest absolute Gasteiger partial charge is 0.491 e. The van der Waals surface area contributed by atoms with E-state index in [0.717, 1.165) is 28.1 Å². The zero-order valence-corrected chi connectivity index (χ0v) is 23.8. The summed E-state index contributed by atoms with van der Waals surface area (Å²) in [6.45, 7) is 7.84. The summed E-state index contributed by atoms with van der Waals surface area (Å²) in [6.07, 6.45) is 0.0177. The highest BCUT2D eigenvalue weighted by molar-refractivity contribution is 7.98. The Labute approximate surface area is 237 Å². The molecular formula is C30H30ClN5O2S. The number of thioether (sulfide) groups is 1. The van der Waals surface area contributed by atoms with Crippen LogP contribution >= 0.6 is 23.4 Å². The van der Waals surface area contributed by atoms with Crippen LogP contribution in [0.25, 0.3) is 0 Å². The van der Waals surface area contributed by atoms with Crippen molar-refractivity contribution in [1.29, 1.82) is 0 Å². The van der Waals surface area contributed by atoms with Gasteiger partial charge < -0.3 is 15.4 Å². The van der Waals surface area contributed by atoms with Crippen LogP contribution in [-0.2, 0) is 10.5 Å². The van der Waals surface area contributed by atoms with Gasteiger partial charge >= 0.3 is 0 Å². The average Bonchev–Trinajstić information content (AvgIpc) is 3.30. The number of fused-ring (bicyclic) bond motifs is 1. The van der Waals surface area contributed by atoms with Crippen LogP contribution in [0.1, 0.15) is 43.5 Å². The molecule has 1 aliphatic heterocycles. The number of carbonyl (C=O) groups excluding carboxylic acids is 1. The lowest BCUT2D eigenvalue weighted by Gasteiger charge is -2.29. The fraction of sp³-hybridized carbons (Fsp3) is 0.233. The summed E-state index contributed by atoms with van der Waals surface area (Å²) in [6, 6.07) is 22.8. The number of anilines is 2. The number of halogens is 1. The molecule has 3 aromatic carbocycles. The van der Waals surface area contributed by atoms with E-state index in [0.29, 0.717) is 33.2 Å². The third kappa shape index (κ3) is 5.97. The molecule has 0 radical (unpaired) electrons. The first-order chi connectivity index (χ1) is 18.8. The summed E-state index contributed by atoms with van der Waals surface area (Å²) in [4.78, 5) is 18.6. The van der Waals surface area contributed by atoms with Gasteiger partial charge in [-0.25, -0.2) is 4.68 Å². The zero-order chi connectivity index (χ0) is 27.5. The Morgan fingerprint density at radius 3 is 2.64 bits per heavy atom. The number of rotatable bonds is 8. The van der Waals surface area contributed by atoms with E-state index in [1.165, 1.54) is 11.8 Å². The van der Waals surface area contributed by atoms with E-state index in [1.807, 2.05) is 100 Å². The van der Waals surface area contributed by atoms with Crippen molar-refractivity contribution < 1.29 is 9.53 Å². The van der Waals surface area contributed by atoms with Crippen LogP contribution in [-0.4, -0.2) is 26.8 Å². The van der Waals surface area contributed by atoms with E-state index < -0.39 is 6.04 Å². The quantitative estimate of drug-likeness (QED) is 0.221. The molecule has 9 heteroatoms. The van der Waals surface area contributed by atoms with Gasteiger partial charge in [0.1, 0.15) is 11.8 Å². The molecule has 0 bridgehead atoms. The van der Waals surface area contributed by atoms with Crippen LogP contribution in [0.3, 0.4) is 0 Å². The average molecular weight is 560 g/mol. The highest BCUT2D eigenvalue weighted by Gasteiger charge is 2.35. The molecule has 1 amide bonds. The second-order valence-corrected chi connectivity index (χ2v) is 11.0. The predicted octanol–water partition coefficient (Wildman–Crippen LogP) is 7.25. The Morgan fingerprint density at radius 2 is 1.87 bits per heavy atom.